The fraction of sp³-hybridized carbons (Fsp3) is 0.208. The van der Waals surface area contributed by atoms with Gasteiger partial charge in [-0.2, -0.15) is 0 Å². The van der Waals surface area contributed by atoms with Gasteiger partial charge in [-0.3, -0.25) is 0 Å². The lowest BCUT2D eigenvalue weighted by atomic mass is 9.73. The molecule has 0 saturated heterocycles. The van der Waals surface area contributed by atoms with Gasteiger partial charge in [0.15, 0.2) is 0 Å². The van der Waals surface area contributed by atoms with Crippen LogP contribution < -0.4 is 9.80 Å². The highest BCUT2D eigenvalue weighted by atomic mass is 15.2. The van der Waals surface area contributed by atoms with Crippen molar-refractivity contribution in [1.82, 2.24) is 0 Å². The van der Waals surface area contributed by atoms with E-state index in [0.29, 0.717) is 0 Å². The zero-order valence-electron chi connectivity index (χ0n) is 30.3. The van der Waals surface area contributed by atoms with Crippen LogP contribution in [0.4, 0.5) is 34.1 Å². The molecule has 0 N–H and O–H groups in total. The third-order valence-corrected chi connectivity index (χ3v) is 11.0. The quantitative estimate of drug-likeness (QED) is 0.175. The molecule has 0 unspecified atom stereocenters. The van der Waals surface area contributed by atoms with E-state index in [1.54, 1.807) is 0 Å². The van der Waals surface area contributed by atoms with Gasteiger partial charge in [0.2, 0.25) is 0 Å². The number of hydrogen-bond acceptors (Lipinski definition) is 2. The van der Waals surface area contributed by atoms with Crippen molar-refractivity contribution in [2.24, 2.45) is 0 Å². The molecule has 0 spiro atoms. The van der Waals surface area contributed by atoms with Crippen LogP contribution in [-0.4, -0.2) is 0 Å². The van der Waals surface area contributed by atoms with Gasteiger partial charge < -0.3 is 9.80 Å². The van der Waals surface area contributed by atoms with Crippen LogP contribution >= 0.6 is 0 Å². The van der Waals surface area contributed by atoms with E-state index in [2.05, 4.69) is 210 Å². The highest BCUT2D eigenvalue weighted by molar-refractivity contribution is 5.89. The molecule has 2 heterocycles. The molecule has 0 aromatic heterocycles. The Morgan fingerprint density at radius 3 is 1.28 bits per heavy atom. The molecule has 0 bridgehead atoms. The molecule has 248 valence electrons. The Balaban J connectivity index is 1.18. The van der Waals surface area contributed by atoms with Crippen LogP contribution in [0.5, 0.6) is 0 Å². The van der Waals surface area contributed by atoms with Gasteiger partial charge in [-0.1, -0.05) is 139 Å². The van der Waals surface area contributed by atoms with Gasteiger partial charge in [0, 0.05) is 22.2 Å². The number of nitrogens with zero attached hydrogens (tertiary/aromatic N) is 2. The summed E-state index contributed by atoms with van der Waals surface area (Å²) in [4.78, 5) is 4.85. The molecular formula is C48H46N2. The standard InChI is InChI=1S/C48H46N2/c1-46(2,3)35-25-27-37(28-26-35)50-43-20-14-12-18-39(43)48(6,7)41-32-34(24-30-45(41)50)22-21-33-23-29-44-40(31-33)47(4,5)38-17-11-13-19-42(38)49(44)36-15-9-8-10-16-36/h8-32H,1-7H3/b22-21+. The minimum absolute atomic E-state index is 0.110. The largest absolute Gasteiger partial charge is 0.310 e. The number of para-hydroxylation sites is 3. The van der Waals surface area contributed by atoms with Gasteiger partial charge in [0.1, 0.15) is 0 Å². The molecule has 2 aliphatic heterocycles. The number of anilines is 6. The molecular weight excluding hydrogens is 605 g/mol. The van der Waals surface area contributed by atoms with Crippen LogP contribution in [0.3, 0.4) is 0 Å². The molecule has 0 radical (unpaired) electrons. The van der Waals surface area contributed by atoms with Crippen molar-refractivity contribution < 1.29 is 0 Å². The fourth-order valence-corrected chi connectivity index (χ4v) is 8.09. The summed E-state index contributed by atoms with van der Waals surface area (Å²) in [6.07, 6.45) is 4.55. The van der Waals surface area contributed by atoms with Crippen molar-refractivity contribution in [2.45, 2.75) is 64.7 Å². The van der Waals surface area contributed by atoms with Crippen LogP contribution in [0.1, 0.15) is 87.4 Å². The molecule has 6 aromatic carbocycles. The summed E-state index contributed by atoms with van der Waals surface area (Å²) >= 11 is 0. The predicted molar refractivity (Wildman–Crippen MR) is 214 cm³/mol. The Labute approximate surface area is 298 Å². The van der Waals surface area contributed by atoms with Crippen molar-refractivity contribution in [2.75, 3.05) is 9.80 Å². The predicted octanol–water partition coefficient (Wildman–Crippen LogP) is 13.4. The first-order chi connectivity index (χ1) is 23.9. The first-order valence-electron chi connectivity index (χ1n) is 17.9. The molecule has 2 heteroatoms. The molecule has 0 saturated carbocycles. The van der Waals surface area contributed by atoms with Crippen LogP contribution in [0, 0.1) is 0 Å². The fourth-order valence-electron chi connectivity index (χ4n) is 8.09. The van der Waals surface area contributed by atoms with Crippen molar-refractivity contribution >= 4 is 46.3 Å². The second-order valence-electron chi connectivity index (χ2n) is 16.0. The first kappa shape index (κ1) is 31.9. The molecule has 2 nitrogen and oxygen atoms in total. The van der Waals surface area contributed by atoms with E-state index in [9.17, 15) is 0 Å². The van der Waals surface area contributed by atoms with Crippen LogP contribution in [0.15, 0.2) is 140 Å². The van der Waals surface area contributed by atoms with E-state index in [1.165, 1.54) is 73.1 Å². The summed E-state index contributed by atoms with van der Waals surface area (Å²) in [5.41, 5.74) is 16.3. The second-order valence-corrected chi connectivity index (χ2v) is 16.0. The average molecular weight is 651 g/mol. The van der Waals surface area contributed by atoms with E-state index >= 15 is 0 Å². The maximum Gasteiger partial charge on any atom is 0.0503 e. The van der Waals surface area contributed by atoms with Crippen molar-refractivity contribution in [1.29, 1.82) is 0 Å². The molecule has 0 aliphatic carbocycles. The smallest absolute Gasteiger partial charge is 0.0503 e. The molecule has 6 aromatic rings. The van der Waals surface area contributed by atoms with Crippen molar-refractivity contribution in [3.05, 3.63) is 178 Å². The zero-order valence-corrected chi connectivity index (χ0v) is 30.3. The second kappa shape index (κ2) is 11.6. The number of hydrogen-bond donors (Lipinski definition) is 0. The Morgan fingerprint density at radius 2 is 0.820 bits per heavy atom. The SMILES string of the molecule is CC(C)(C)c1ccc(N2c3ccccc3C(C)(C)c3cc(/C=C/c4ccc5c(c4)C(C)(C)c4ccccc4N5c4ccccc4)ccc32)cc1. The van der Waals surface area contributed by atoms with Crippen LogP contribution in [0.25, 0.3) is 12.2 Å². The molecule has 0 fully saturated rings. The zero-order chi connectivity index (χ0) is 34.8. The lowest BCUT2D eigenvalue weighted by molar-refractivity contribution is 0.590. The number of rotatable bonds is 4. The van der Waals surface area contributed by atoms with E-state index in [4.69, 9.17) is 0 Å². The lowest BCUT2D eigenvalue weighted by Crippen LogP contribution is -2.30. The maximum absolute atomic E-state index is 2.44. The van der Waals surface area contributed by atoms with Gasteiger partial charge in [-0.25, -0.2) is 0 Å². The highest BCUT2D eigenvalue weighted by Crippen LogP contribution is 2.53. The summed E-state index contributed by atoms with van der Waals surface area (Å²) < 4.78 is 0. The molecule has 2 aliphatic rings. The number of benzene rings is 6. The summed E-state index contributed by atoms with van der Waals surface area (Å²) in [6, 6.07) is 51.5. The van der Waals surface area contributed by atoms with E-state index in [-0.39, 0.29) is 16.2 Å². The molecule has 0 amide bonds. The average Bonchev–Trinajstić information content (AvgIpc) is 3.12. The Morgan fingerprint density at radius 1 is 0.420 bits per heavy atom. The van der Waals surface area contributed by atoms with E-state index < -0.39 is 0 Å². The van der Waals surface area contributed by atoms with Crippen LogP contribution in [-0.2, 0) is 16.2 Å². The third-order valence-electron chi connectivity index (χ3n) is 11.0. The third kappa shape index (κ3) is 5.17. The number of fused-ring (bicyclic) bond motifs is 4. The van der Waals surface area contributed by atoms with Gasteiger partial charge in [0.25, 0.3) is 0 Å². The molecule has 0 atom stereocenters. The van der Waals surface area contributed by atoms with Gasteiger partial charge in [-0.15, -0.1) is 0 Å². The first-order valence-corrected chi connectivity index (χ1v) is 17.9. The Hall–Kier alpha value is -5.34. The monoisotopic (exact) mass is 650 g/mol. The van der Waals surface area contributed by atoms with E-state index in [0.717, 1.165) is 0 Å². The molecule has 8 rings (SSSR count). The minimum atomic E-state index is -0.151. The summed E-state index contributed by atoms with van der Waals surface area (Å²) in [6.45, 7) is 16.2. The van der Waals surface area contributed by atoms with Gasteiger partial charge >= 0.3 is 0 Å². The lowest BCUT2D eigenvalue weighted by Gasteiger charge is -2.42. The summed E-state index contributed by atoms with van der Waals surface area (Å²) in [5.74, 6) is 0. The Bertz CT molecular complexity index is 2250. The van der Waals surface area contributed by atoms with Crippen LogP contribution in [0.2, 0.25) is 0 Å². The topological polar surface area (TPSA) is 6.48 Å². The minimum Gasteiger partial charge on any atom is -0.310 e. The highest BCUT2D eigenvalue weighted by Gasteiger charge is 2.38. The maximum atomic E-state index is 2.44. The Kier molecular flexibility index (Phi) is 7.42. The van der Waals surface area contributed by atoms with Gasteiger partial charge in [-0.05, 0) is 105 Å². The van der Waals surface area contributed by atoms with Gasteiger partial charge in [0.05, 0.1) is 22.7 Å². The summed E-state index contributed by atoms with van der Waals surface area (Å²) in [7, 11) is 0. The molecule has 50 heavy (non-hydrogen) atoms. The normalized spacial score (nSPS) is 15.7. The van der Waals surface area contributed by atoms with Crippen molar-refractivity contribution in [3.8, 4) is 0 Å². The summed E-state index contributed by atoms with van der Waals surface area (Å²) in [5, 5.41) is 0. The van der Waals surface area contributed by atoms with E-state index in [1.807, 2.05) is 0 Å². The van der Waals surface area contributed by atoms with Crippen molar-refractivity contribution in [3.63, 3.8) is 0 Å².